The number of aromatic nitrogens is 4. The summed E-state index contributed by atoms with van der Waals surface area (Å²) in [6.45, 7) is 8.91. The van der Waals surface area contributed by atoms with Gasteiger partial charge in [-0.15, -0.1) is 0 Å². The number of aryl methyl sites for hydroxylation is 2. The Balaban J connectivity index is 1.93. The van der Waals surface area contributed by atoms with Crippen LogP contribution in [0.3, 0.4) is 0 Å². The molecule has 20 heavy (non-hydrogen) atoms. The molecule has 3 heterocycles. The Labute approximate surface area is 124 Å². The largest absolute Gasteiger partial charge is 0.328 e. The number of likely N-dealkylation sites (tertiary alicyclic amines) is 1. The first-order valence-electron chi connectivity index (χ1n) is 7.50. The zero-order chi connectivity index (χ0) is 14.3. The van der Waals surface area contributed by atoms with Crippen LogP contribution >= 0.6 is 12.2 Å². The molecule has 1 unspecified atom stereocenters. The van der Waals surface area contributed by atoms with Crippen LogP contribution in [0.4, 0.5) is 0 Å². The maximum absolute atomic E-state index is 5.52. The van der Waals surface area contributed by atoms with Crippen LogP contribution in [-0.2, 0) is 20.0 Å². The first-order chi connectivity index (χ1) is 9.63. The molecule has 0 aliphatic carbocycles. The van der Waals surface area contributed by atoms with E-state index in [4.69, 9.17) is 12.2 Å². The zero-order valence-corrected chi connectivity index (χ0v) is 13.3. The normalized spacial score (nSPS) is 20.2. The van der Waals surface area contributed by atoms with Gasteiger partial charge in [-0.25, -0.2) is 0 Å². The van der Waals surface area contributed by atoms with Crippen molar-refractivity contribution in [3.8, 4) is 0 Å². The van der Waals surface area contributed by atoms with Crippen LogP contribution in [0.25, 0.3) is 11.2 Å². The van der Waals surface area contributed by atoms with Crippen molar-refractivity contribution in [2.75, 3.05) is 19.6 Å². The van der Waals surface area contributed by atoms with E-state index in [-0.39, 0.29) is 0 Å². The lowest BCUT2D eigenvalue weighted by atomic mass is 10.1. The van der Waals surface area contributed by atoms with Crippen LogP contribution in [0.1, 0.15) is 26.0 Å². The van der Waals surface area contributed by atoms with E-state index in [9.17, 15) is 0 Å². The fraction of sp³-hybridized carbons (Fsp3) is 0.714. The van der Waals surface area contributed by atoms with Crippen molar-refractivity contribution in [2.45, 2.75) is 33.2 Å². The minimum absolute atomic E-state index is 0.695. The Morgan fingerprint density at radius 3 is 2.85 bits per heavy atom. The van der Waals surface area contributed by atoms with Crippen molar-refractivity contribution >= 4 is 23.4 Å². The molecule has 1 aliphatic rings. The Kier molecular flexibility index (Phi) is 3.69. The number of aromatic amines is 1. The molecule has 1 saturated heterocycles. The van der Waals surface area contributed by atoms with Gasteiger partial charge in [-0.3, -0.25) is 4.68 Å². The quantitative estimate of drug-likeness (QED) is 0.880. The molecule has 6 heteroatoms. The van der Waals surface area contributed by atoms with E-state index in [0.717, 1.165) is 41.1 Å². The van der Waals surface area contributed by atoms with Gasteiger partial charge in [0.15, 0.2) is 10.4 Å². The second-order valence-corrected chi connectivity index (χ2v) is 6.10. The molecule has 0 spiro atoms. The van der Waals surface area contributed by atoms with Crippen LogP contribution in [0.15, 0.2) is 0 Å². The predicted octanol–water partition coefficient (Wildman–Crippen LogP) is 2.34. The summed E-state index contributed by atoms with van der Waals surface area (Å²) < 4.78 is 5.03. The fourth-order valence-electron chi connectivity index (χ4n) is 3.30. The summed E-state index contributed by atoms with van der Waals surface area (Å²) in [4.78, 5) is 5.86. The lowest BCUT2D eigenvalue weighted by Crippen LogP contribution is -2.21. The highest BCUT2D eigenvalue weighted by Gasteiger charge is 2.23. The van der Waals surface area contributed by atoms with Gasteiger partial charge in [0.2, 0.25) is 0 Å². The molecule has 0 radical (unpaired) electrons. The van der Waals surface area contributed by atoms with Crippen LogP contribution in [0.5, 0.6) is 0 Å². The van der Waals surface area contributed by atoms with Crippen LogP contribution in [-0.4, -0.2) is 43.9 Å². The highest BCUT2D eigenvalue weighted by Crippen LogP contribution is 2.23. The molecule has 110 valence electrons. The van der Waals surface area contributed by atoms with Crippen molar-refractivity contribution in [1.82, 2.24) is 24.2 Å². The second kappa shape index (κ2) is 5.33. The summed E-state index contributed by atoms with van der Waals surface area (Å²) in [6.07, 6.45) is 2.19. The number of nitrogens with one attached hydrogen (secondary N) is 1. The third-order valence-corrected chi connectivity index (χ3v) is 4.74. The maximum atomic E-state index is 5.52. The van der Waals surface area contributed by atoms with E-state index in [0.29, 0.717) is 5.92 Å². The Hall–Kier alpha value is -1.14. The van der Waals surface area contributed by atoms with Gasteiger partial charge in [-0.2, -0.15) is 5.10 Å². The number of rotatable bonds is 4. The molecule has 1 fully saturated rings. The second-order valence-electron chi connectivity index (χ2n) is 5.71. The number of nitrogens with zero attached hydrogens (tertiary/aromatic N) is 4. The predicted molar refractivity (Wildman–Crippen MR) is 83.5 cm³/mol. The summed E-state index contributed by atoms with van der Waals surface area (Å²) in [6, 6.07) is 0. The van der Waals surface area contributed by atoms with Gasteiger partial charge >= 0.3 is 0 Å². The smallest absolute Gasteiger partial charge is 0.179 e. The summed E-state index contributed by atoms with van der Waals surface area (Å²) in [7, 11) is 2.01. The highest BCUT2D eigenvalue weighted by atomic mass is 32.1. The fourth-order valence-corrected chi connectivity index (χ4v) is 3.56. The van der Waals surface area contributed by atoms with Crippen LogP contribution in [0, 0.1) is 10.7 Å². The molecule has 0 bridgehead atoms. The van der Waals surface area contributed by atoms with Crippen molar-refractivity contribution in [3.63, 3.8) is 0 Å². The van der Waals surface area contributed by atoms with Crippen molar-refractivity contribution < 1.29 is 0 Å². The van der Waals surface area contributed by atoms with Crippen LogP contribution < -0.4 is 0 Å². The Morgan fingerprint density at radius 2 is 2.20 bits per heavy atom. The summed E-state index contributed by atoms with van der Waals surface area (Å²) in [5.74, 6) is 0.695. The average molecular weight is 293 g/mol. The first-order valence-corrected chi connectivity index (χ1v) is 7.91. The lowest BCUT2D eigenvalue weighted by molar-refractivity contribution is 0.333. The monoisotopic (exact) mass is 293 g/mol. The van der Waals surface area contributed by atoms with Gasteiger partial charge in [-0.1, -0.05) is 13.8 Å². The minimum Gasteiger partial charge on any atom is -0.328 e. The highest BCUT2D eigenvalue weighted by molar-refractivity contribution is 7.71. The molecule has 0 saturated carbocycles. The molecule has 0 amide bonds. The zero-order valence-electron chi connectivity index (χ0n) is 12.5. The molecule has 5 nitrogen and oxygen atoms in total. The van der Waals surface area contributed by atoms with Gasteiger partial charge in [0, 0.05) is 20.1 Å². The maximum Gasteiger partial charge on any atom is 0.179 e. The standard InChI is InChI=1S/C14H23N5S/c1-4-11-12-13(17(3)16-11)19(14(20)15-12)9-10-6-7-18(5-2)8-10/h10H,4-9H2,1-3H3,(H,15,20). The third kappa shape index (κ3) is 2.20. The molecule has 1 aliphatic heterocycles. The molecule has 1 N–H and O–H groups in total. The molecule has 0 aromatic carbocycles. The Morgan fingerprint density at radius 1 is 1.40 bits per heavy atom. The van der Waals surface area contributed by atoms with Gasteiger partial charge in [-0.05, 0) is 44.1 Å². The van der Waals surface area contributed by atoms with E-state index in [1.165, 1.54) is 19.5 Å². The lowest BCUT2D eigenvalue weighted by Gasteiger charge is -2.14. The molecule has 3 rings (SSSR count). The van der Waals surface area contributed by atoms with Crippen molar-refractivity contribution in [3.05, 3.63) is 10.5 Å². The molecule has 2 aromatic rings. The average Bonchev–Trinajstić information content (AvgIpc) is 3.09. The minimum atomic E-state index is 0.695. The van der Waals surface area contributed by atoms with Gasteiger partial charge in [0.25, 0.3) is 0 Å². The number of hydrogen-bond donors (Lipinski definition) is 1. The first kappa shape index (κ1) is 13.8. The molecule has 2 aromatic heterocycles. The number of hydrogen-bond acceptors (Lipinski definition) is 3. The number of fused-ring (bicyclic) bond motifs is 1. The molecule has 1 atom stereocenters. The SMILES string of the molecule is CCc1nn(C)c2c1[nH]c(=S)n2CC1CCN(CC)C1. The van der Waals surface area contributed by atoms with E-state index in [1.54, 1.807) is 0 Å². The summed E-state index contributed by atoms with van der Waals surface area (Å²) in [5.41, 5.74) is 3.36. The van der Waals surface area contributed by atoms with Gasteiger partial charge < -0.3 is 14.5 Å². The van der Waals surface area contributed by atoms with E-state index < -0.39 is 0 Å². The Bertz CT molecular complexity index is 665. The van der Waals surface area contributed by atoms with E-state index >= 15 is 0 Å². The van der Waals surface area contributed by atoms with E-state index in [2.05, 4.69) is 33.4 Å². The van der Waals surface area contributed by atoms with Crippen molar-refractivity contribution in [1.29, 1.82) is 0 Å². The van der Waals surface area contributed by atoms with Crippen molar-refractivity contribution in [2.24, 2.45) is 13.0 Å². The summed E-state index contributed by atoms with van der Waals surface area (Å²) >= 11 is 5.52. The van der Waals surface area contributed by atoms with Gasteiger partial charge in [0.1, 0.15) is 5.52 Å². The van der Waals surface area contributed by atoms with Gasteiger partial charge in [0.05, 0.1) is 5.69 Å². The van der Waals surface area contributed by atoms with E-state index in [1.807, 2.05) is 11.7 Å². The number of H-pyrrole nitrogens is 1. The number of imidazole rings is 1. The molecular weight excluding hydrogens is 270 g/mol. The molecular formula is C14H23N5S. The van der Waals surface area contributed by atoms with Crippen LogP contribution in [0.2, 0.25) is 0 Å². The third-order valence-electron chi connectivity index (χ3n) is 4.42. The summed E-state index contributed by atoms with van der Waals surface area (Å²) in [5, 5.41) is 4.58. The topological polar surface area (TPSA) is 41.8 Å².